The van der Waals surface area contributed by atoms with E-state index in [4.69, 9.17) is 0 Å². The zero-order valence-corrected chi connectivity index (χ0v) is 16.1. The number of carbonyl (C=O) groups excluding carboxylic acids is 2. The summed E-state index contributed by atoms with van der Waals surface area (Å²) in [7, 11) is 0. The summed E-state index contributed by atoms with van der Waals surface area (Å²) < 4.78 is 0. The predicted molar refractivity (Wildman–Crippen MR) is 106 cm³/mol. The van der Waals surface area contributed by atoms with Crippen LogP contribution in [-0.2, 0) is 12.8 Å². The van der Waals surface area contributed by atoms with Crippen molar-refractivity contribution in [3.8, 4) is 10.4 Å². The van der Waals surface area contributed by atoms with Gasteiger partial charge < -0.3 is 15.1 Å². The molecule has 3 aliphatic rings. The van der Waals surface area contributed by atoms with Crippen LogP contribution in [0.1, 0.15) is 33.6 Å². The largest absolute Gasteiger partial charge is 0.336 e. The quantitative estimate of drug-likeness (QED) is 0.869. The van der Waals surface area contributed by atoms with Gasteiger partial charge >= 0.3 is 6.03 Å². The fourth-order valence-electron chi connectivity index (χ4n) is 4.56. The molecule has 140 valence electrons. The van der Waals surface area contributed by atoms with E-state index in [1.807, 2.05) is 9.80 Å². The number of fused-ring (bicyclic) bond motifs is 3. The molecule has 0 saturated carbocycles. The fourth-order valence-corrected chi connectivity index (χ4v) is 5.80. The molecule has 2 aromatic rings. The van der Waals surface area contributed by atoms with Crippen molar-refractivity contribution in [2.45, 2.75) is 31.7 Å². The number of carbonyl (C=O) groups is 2. The third kappa shape index (κ3) is 2.92. The molecule has 5 nitrogen and oxygen atoms in total. The first kappa shape index (κ1) is 16.8. The van der Waals surface area contributed by atoms with Crippen LogP contribution in [-0.4, -0.2) is 54.0 Å². The number of urea groups is 1. The molecule has 2 saturated heterocycles. The summed E-state index contributed by atoms with van der Waals surface area (Å²) in [6, 6.07) is 10.8. The topological polar surface area (TPSA) is 52.7 Å². The van der Waals surface area contributed by atoms with Crippen LogP contribution in [0, 0.1) is 0 Å². The molecule has 1 N–H and O–H groups in total. The molecule has 1 aromatic heterocycles. The predicted octanol–water partition coefficient (Wildman–Crippen LogP) is 3.14. The lowest BCUT2D eigenvalue weighted by Crippen LogP contribution is -2.50. The number of hydrogen-bond donors (Lipinski definition) is 1. The number of nitrogens with zero attached hydrogens (tertiary/aromatic N) is 2. The normalized spacial score (nSPS) is 21.6. The number of amides is 3. The Morgan fingerprint density at radius 3 is 2.85 bits per heavy atom. The molecule has 0 radical (unpaired) electrons. The summed E-state index contributed by atoms with van der Waals surface area (Å²) in [6.07, 6.45) is 3.98. The Bertz CT molecular complexity index is 907. The molecule has 2 aliphatic heterocycles. The summed E-state index contributed by atoms with van der Waals surface area (Å²) in [5, 5.41) is 2.87. The zero-order valence-electron chi connectivity index (χ0n) is 15.2. The lowest BCUT2D eigenvalue weighted by Gasteiger charge is -2.36. The summed E-state index contributed by atoms with van der Waals surface area (Å²) >= 11 is 1.63. The molecule has 3 amide bonds. The maximum absolute atomic E-state index is 13.2. The number of aryl methyl sites for hydroxylation is 2. The van der Waals surface area contributed by atoms with Crippen LogP contribution in [0.3, 0.4) is 0 Å². The van der Waals surface area contributed by atoms with E-state index >= 15 is 0 Å². The average Bonchev–Trinajstić information content (AvgIpc) is 3.33. The molecule has 2 fully saturated rings. The second kappa shape index (κ2) is 6.68. The van der Waals surface area contributed by atoms with Gasteiger partial charge in [0.1, 0.15) is 0 Å². The highest BCUT2D eigenvalue weighted by Gasteiger charge is 2.34. The highest BCUT2D eigenvalue weighted by molar-refractivity contribution is 7.17. The second-order valence-electron chi connectivity index (χ2n) is 7.59. The van der Waals surface area contributed by atoms with Gasteiger partial charge in [-0.1, -0.05) is 24.3 Å². The maximum Gasteiger partial charge on any atom is 0.317 e. The van der Waals surface area contributed by atoms with E-state index in [0.717, 1.165) is 43.6 Å². The molecule has 27 heavy (non-hydrogen) atoms. The maximum atomic E-state index is 13.2. The Morgan fingerprint density at radius 2 is 2.00 bits per heavy atom. The molecule has 3 heterocycles. The van der Waals surface area contributed by atoms with Crippen molar-refractivity contribution in [1.82, 2.24) is 15.1 Å². The Labute approximate surface area is 163 Å². The van der Waals surface area contributed by atoms with Gasteiger partial charge in [0, 0.05) is 31.1 Å². The summed E-state index contributed by atoms with van der Waals surface area (Å²) in [5.74, 6) is 0.121. The zero-order chi connectivity index (χ0) is 18.4. The van der Waals surface area contributed by atoms with E-state index in [1.165, 1.54) is 21.6 Å². The minimum atomic E-state index is 0.0116. The van der Waals surface area contributed by atoms with Crippen LogP contribution in [0.4, 0.5) is 4.79 Å². The van der Waals surface area contributed by atoms with Gasteiger partial charge in [0.2, 0.25) is 0 Å². The summed E-state index contributed by atoms with van der Waals surface area (Å²) in [6.45, 7) is 2.88. The van der Waals surface area contributed by atoms with Crippen LogP contribution in [0.5, 0.6) is 0 Å². The lowest BCUT2D eigenvalue weighted by molar-refractivity contribution is 0.0639. The molecule has 6 heteroatoms. The molecule has 1 unspecified atom stereocenters. The molecule has 1 atom stereocenters. The molecule has 1 aliphatic carbocycles. The monoisotopic (exact) mass is 381 g/mol. The number of likely N-dealkylation sites (tertiary alicyclic amines) is 1. The van der Waals surface area contributed by atoms with Gasteiger partial charge in [-0.3, -0.25) is 4.79 Å². The molecule has 5 rings (SSSR count). The van der Waals surface area contributed by atoms with Gasteiger partial charge in [0.25, 0.3) is 5.91 Å². The van der Waals surface area contributed by atoms with Crippen LogP contribution in [0.15, 0.2) is 30.3 Å². The Morgan fingerprint density at radius 1 is 1.15 bits per heavy atom. The second-order valence-corrected chi connectivity index (χ2v) is 8.65. The molecule has 0 bridgehead atoms. The van der Waals surface area contributed by atoms with Gasteiger partial charge in [-0.05, 0) is 48.4 Å². The van der Waals surface area contributed by atoms with Crippen molar-refractivity contribution < 1.29 is 9.59 Å². The van der Waals surface area contributed by atoms with Crippen molar-refractivity contribution in [2.75, 3.05) is 26.2 Å². The number of nitrogens with one attached hydrogen (secondary N) is 1. The van der Waals surface area contributed by atoms with Gasteiger partial charge in [-0.15, -0.1) is 11.3 Å². The van der Waals surface area contributed by atoms with Crippen LogP contribution in [0.2, 0.25) is 0 Å². The first-order valence-corrected chi connectivity index (χ1v) is 10.6. The number of benzene rings is 1. The minimum Gasteiger partial charge on any atom is -0.336 e. The van der Waals surface area contributed by atoms with Crippen LogP contribution < -0.4 is 5.32 Å². The average molecular weight is 382 g/mol. The molecular formula is C21H23N3O2S. The first-order valence-electron chi connectivity index (χ1n) is 9.75. The number of piperidine rings is 1. The van der Waals surface area contributed by atoms with Crippen LogP contribution >= 0.6 is 11.3 Å². The van der Waals surface area contributed by atoms with Gasteiger partial charge in [0.05, 0.1) is 10.9 Å². The fraction of sp³-hybridized carbons (Fsp3) is 0.429. The number of rotatable bonds is 2. The third-order valence-corrected chi connectivity index (χ3v) is 7.16. The van der Waals surface area contributed by atoms with Crippen molar-refractivity contribution in [3.05, 3.63) is 46.3 Å². The Balaban J connectivity index is 1.37. The van der Waals surface area contributed by atoms with Crippen molar-refractivity contribution in [2.24, 2.45) is 0 Å². The first-order chi connectivity index (χ1) is 13.2. The van der Waals surface area contributed by atoms with Crippen molar-refractivity contribution in [3.63, 3.8) is 0 Å². The number of thiophene rings is 1. The van der Waals surface area contributed by atoms with E-state index in [0.29, 0.717) is 13.1 Å². The van der Waals surface area contributed by atoms with Crippen molar-refractivity contribution >= 4 is 23.3 Å². The SMILES string of the molecule is O=C(c1cc2c(s1)-c1ccccc1CC2)N1CCCC(N2CCNC2=O)C1. The van der Waals surface area contributed by atoms with Crippen LogP contribution in [0.25, 0.3) is 10.4 Å². The number of hydrogen-bond acceptors (Lipinski definition) is 3. The highest BCUT2D eigenvalue weighted by atomic mass is 32.1. The minimum absolute atomic E-state index is 0.0116. The van der Waals surface area contributed by atoms with Gasteiger partial charge in [-0.2, -0.15) is 0 Å². The Hall–Kier alpha value is -2.34. The summed E-state index contributed by atoms with van der Waals surface area (Å²) in [5.41, 5.74) is 3.96. The van der Waals surface area contributed by atoms with E-state index in [1.54, 1.807) is 11.3 Å². The van der Waals surface area contributed by atoms with E-state index in [-0.39, 0.29) is 18.0 Å². The molecule has 1 aromatic carbocycles. The van der Waals surface area contributed by atoms with Crippen molar-refractivity contribution in [1.29, 1.82) is 0 Å². The lowest BCUT2D eigenvalue weighted by atomic mass is 9.91. The Kier molecular flexibility index (Phi) is 4.16. The highest BCUT2D eigenvalue weighted by Crippen LogP contribution is 2.40. The molecular weight excluding hydrogens is 358 g/mol. The standard InChI is InChI=1S/C21H23N3O2S/c25-20(23-10-3-5-16(13-23)24-11-9-22-21(24)26)18-12-15-8-7-14-4-1-2-6-17(14)19(15)27-18/h1-2,4,6,12,16H,3,5,7-11,13H2,(H,22,26). The van der Waals surface area contributed by atoms with E-state index in [9.17, 15) is 9.59 Å². The van der Waals surface area contributed by atoms with Gasteiger partial charge in [0.15, 0.2) is 0 Å². The van der Waals surface area contributed by atoms with E-state index < -0.39 is 0 Å². The third-order valence-electron chi connectivity index (χ3n) is 5.96. The smallest absolute Gasteiger partial charge is 0.317 e. The van der Waals surface area contributed by atoms with Gasteiger partial charge in [-0.25, -0.2) is 4.79 Å². The summed E-state index contributed by atoms with van der Waals surface area (Å²) in [4.78, 5) is 31.1. The molecule has 0 spiro atoms. The van der Waals surface area contributed by atoms with E-state index in [2.05, 4.69) is 35.6 Å².